The average molecular weight is 116 g/mol. The van der Waals surface area contributed by atoms with Gasteiger partial charge in [-0.05, 0) is 0 Å². The van der Waals surface area contributed by atoms with Crippen LogP contribution in [0.15, 0.2) is 0 Å². The topological polar surface area (TPSA) is 34.3 Å². The number of hydrogen-bond acceptors (Lipinski definition) is 1. The van der Waals surface area contributed by atoms with Gasteiger partial charge < -0.3 is 10.4 Å². The fourth-order valence-corrected chi connectivity index (χ4v) is 0.591. The van der Waals surface area contributed by atoms with Crippen LogP contribution >= 0.6 is 0 Å². The van der Waals surface area contributed by atoms with Gasteiger partial charge in [-0.3, -0.25) is 0 Å². The normalized spacial score (nSPS) is 14.6. The van der Waals surface area contributed by atoms with E-state index >= 15 is 0 Å². The molecule has 0 saturated heterocycles. The minimum Gasteiger partial charge on any atom is -0.660 e. The summed E-state index contributed by atoms with van der Waals surface area (Å²) >= 11 is 0. The molecule has 2 heteroatoms. The van der Waals surface area contributed by atoms with E-state index in [0.717, 1.165) is 0 Å². The molecule has 0 rings (SSSR count). The van der Waals surface area contributed by atoms with Gasteiger partial charge >= 0.3 is 0 Å². The fourth-order valence-electron chi connectivity index (χ4n) is 0.591. The van der Waals surface area contributed by atoms with Crippen molar-refractivity contribution >= 4 is 0 Å². The van der Waals surface area contributed by atoms with Crippen LogP contribution in [-0.4, -0.2) is 24.8 Å². The molecule has 0 heterocycles. The molecule has 0 aromatic rings. The number of nitrogens with zero attached hydrogens (tertiary/aromatic N) is 1. The van der Waals surface area contributed by atoms with Gasteiger partial charge in [0.2, 0.25) is 0 Å². The molecular weight excluding hydrogens is 102 g/mol. The SMILES string of the molecule is C[N-][C@@H](CO)C(C)C. The Hall–Kier alpha value is -0.0800. The van der Waals surface area contributed by atoms with E-state index in [1.165, 1.54) is 0 Å². The van der Waals surface area contributed by atoms with Crippen LogP contribution in [0.25, 0.3) is 5.32 Å². The molecule has 0 amide bonds. The molecule has 0 aliphatic rings. The van der Waals surface area contributed by atoms with Crippen molar-refractivity contribution in [3.05, 3.63) is 5.32 Å². The third kappa shape index (κ3) is 2.28. The van der Waals surface area contributed by atoms with Crippen molar-refractivity contribution < 1.29 is 5.11 Å². The Morgan fingerprint density at radius 1 is 1.50 bits per heavy atom. The van der Waals surface area contributed by atoms with Crippen LogP contribution in [0.2, 0.25) is 0 Å². The maximum Gasteiger partial charge on any atom is 0.0273 e. The summed E-state index contributed by atoms with van der Waals surface area (Å²) in [5.74, 6) is 0.463. The van der Waals surface area contributed by atoms with E-state index in [-0.39, 0.29) is 12.6 Å². The second kappa shape index (κ2) is 3.87. The lowest BCUT2D eigenvalue weighted by Gasteiger charge is -2.29. The Kier molecular flexibility index (Phi) is 3.83. The highest BCUT2D eigenvalue weighted by Crippen LogP contribution is 2.07. The Morgan fingerprint density at radius 2 is 2.00 bits per heavy atom. The molecule has 0 spiro atoms. The Morgan fingerprint density at radius 3 is 2.00 bits per heavy atom. The van der Waals surface area contributed by atoms with Gasteiger partial charge in [0, 0.05) is 6.61 Å². The molecule has 50 valence electrons. The predicted molar refractivity (Wildman–Crippen MR) is 35.0 cm³/mol. The first-order valence-electron chi connectivity index (χ1n) is 2.92. The van der Waals surface area contributed by atoms with E-state index < -0.39 is 0 Å². The first kappa shape index (κ1) is 7.92. The molecule has 0 aliphatic heterocycles. The van der Waals surface area contributed by atoms with Gasteiger partial charge in [-0.2, -0.15) is 7.05 Å². The van der Waals surface area contributed by atoms with Gasteiger partial charge in [0.15, 0.2) is 0 Å². The van der Waals surface area contributed by atoms with Gasteiger partial charge in [0.25, 0.3) is 0 Å². The summed E-state index contributed by atoms with van der Waals surface area (Å²) in [6, 6.07) is 0.134. The van der Waals surface area contributed by atoms with Crippen LogP contribution in [0.3, 0.4) is 0 Å². The van der Waals surface area contributed by atoms with Crippen molar-refractivity contribution in [3.8, 4) is 0 Å². The van der Waals surface area contributed by atoms with Gasteiger partial charge in [-0.15, -0.1) is 6.04 Å². The van der Waals surface area contributed by atoms with Crippen molar-refractivity contribution in [2.45, 2.75) is 19.9 Å². The van der Waals surface area contributed by atoms with E-state index in [1.807, 2.05) is 13.8 Å². The van der Waals surface area contributed by atoms with Crippen molar-refractivity contribution in [1.29, 1.82) is 0 Å². The Bertz CT molecular complexity index is 50.5. The summed E-state index contributed by atoms with van der Waals surface area (Å²) in [5.41, 5.74) is 0. The number of aliphatic hydroxyl groups excluding tert-OH is 1. The third-order valence-electron chi connectivity index (χ3n) is 1.29. The fraction of sp³-hybridized carbons (Fsp3) is 1.00. The number of hydrogen-bond donors (Lipinski definition) is 1. The van der Waals surface area contributed by atoms with Crippen LogP contribution in [-0.2, 0) is 0 Å². The van der Waals surface area contributed by atoms with Gasteiger partial charge in [0.1, 0.15) is 0 Å². The Balaban J connectivity index is 3.35. The second-order valence-corrected chi connectivity index (χ2v) is 2.25. The van der Waals surface area contributed by atoms with Crippen LogP contribution in [0.4, 0.5) is 0 Å². The van der Waals surface area contributed by atoms with Crippen LogP contribution in [0, 0.1) is 5.92 Å². The molecule has 0 aromatic heterocycles. The molecule has 0 saturated carbocycles. The molecule has 0 fully saturated rings. The van der Waals surface area contributed by atoms with E-state index in [9.17, 15) is 0 Å². The van der Waals surface area contributed by atoms with Gasteiger partial charge in [0.05, 0.1) is 0 Å². The highest BCUT2D eigenvalue weighted by Gasteiger charge is 1.97. The number of rotatable bonds is 3. The smallest absolute Gasteiger partial charge is 0.0273 e. The zero-order valence-electron chi connectivity index (χ0n) is 5.76. The summed E-state index contributed by atoms with van der Waals surface area (Å²) in [6.07, 6.45) is 0. The maximum atomic E-state index is 8.60. The highest BCUT2D eigenvalue weighted by molar-refractivity contribution is 4.87. The standard InChI is InChI=1S/C6H14NO/c1-5(2)6(4-8)7-3/h5-6,8H,4H2,1-3H3/q-1/t6-/m0/s1. The van der Waals surface area contributed by atoms with Crippen molar-refractivity contribution in [1.82, 2.24) is 0 Å². The summed E-state index contributed by atoms with van der Waals surface area (Å²) in [5, 5.41) is 12.6. The molecule has 0 aromatic carbocycles. The molecule has 1 N–H and O–H groups in total. The first-order valence-corrected chi connectivity index (χ1v) is 2.92. The van der Waals surface area contributed by atoms with Crippen molar-refractivity contribution in [2.24, 2.45) is 5.92 Å². The second-order valence-electron chi connectivity index (χ2n) is 2.25. The first-order chi connectivity index (χ1) is 3.72. The summed E-state index contributed by atoms with van der Waals surface area (Å²) in [4.78, 5) is 0. The minimum atomic E-state index is 0.134. The van der Waals surface area contributed by atoms with Gasteiger partial charge in [-0.1, -0.05) is 19.8 Å². The molecule has 1 atom stereocenters. The lowest BCUT2D eigenvalue weighted by atomic mass is 10.1. The largest absolute Gasteiger partial charge is 0.660 e. The number of aliphatic hydroxyl groups is 1. The number of likely N-dealkylation sites (N-methyl/N-ethyl adjacent to an activating group) is 1. The molecule has 2 nitrogen and oxygen atoms in total. The molecule has 0 aliphatic carbocycles. The summed E-state index contributed by atoms with van der Waals surface area (Å²) in [6.45, 7) is 4.27. The molecule has 0 bridgehead atoms. The van der Waals surface area contributed by atoms with Crippen LogP contribution in [0.5, 0.6) is 0 Å². The summed E-state index contributed by atoms with van der Waals surface area (Å²) in [7, 11) is 1.74. The van der Waals surface area contributed by atoms with Crippen molar-refractivity contribution in [3.63, 3.8) is 0 Å². The van der Waals surface area contributed by atoms with Gasteiger partial charge in [-0.25, -0.2) is 0 Å². The Labute approximate surface area is 50.9 Å². The monoisotopic (exact) mass is 116 g/mol. The quantitative estimate of drug-likeness (QED) is 0.586. The van der Waals surface area contributed by atoms with E-state index in [2.05, 4.69) is 5.32 Å². The predicted octanol–water partition coefficient (Wildman–Crippen LogP) is 1.01. The molecular formula is C6H14NO-. The minimum absolute atomic E-state index is 0.134. The highest BCUT2D eigenvalue weighted by atomic mass is 16.3. The third-order valence-corrected chi connectivity index (χ3v) is 1.29. The molecule has 0 unspecified atom stereocenters. The lowest BCUT2D eigenvalue weighted by molar-refractivity contribution is 0.253. The molecule has 8 heavy (non-hydrogen) atoms. The van der Waals surface area contributed by atoms with Crippen molar-refractivity contribution in [2.75, 3.05) is 13.7 Å². The maximum absolute atomic E-state index is 8.60. The van der Waals surface area contributed by atoms with E-state index in [1.54, 1.807) is 7.05 Å². The van der Waals surface area contributed by atoms with E-state index in [4.69, 9.17) is 5.11 Å². The van der Waals surface area contributed by atoms with E-state index in [0.29, 0.717) is 5.92 Å². The summed E-state index contributed by atoms with van der Waals surface area (Å²) < 4.78 is 0. The average Bonchev–Trinajstić information content (AvgIpc) is 1.69. The zero-order valence-corrected chi connectivity index (χ0v) is 5.76. The molecule has 0 radical (unpaired) electrons. The zero-order chi connectivity index (χ0) is 6.57. The lowest BCUT2D eigenvalue weighted by Crippen LogP contribution is -2.17. The van der Waals surface area contributed by atoms with Crippen LogP contribution < -0.4 is 0 Å². The van der Waals surface area contributed by atoms with Crippen LogP contribution in [0.1, 0.15) is 13.8 Å².